The van der Waals surface area contributed by atoms with Crippen LogP contribution in [0.5, 0.6) is 0 Å². The molecule has 3 heteroatoms. The minimum Gasteiger partial charge on any atom is -0.498 e. The molecule has 0 fully saturated rings. The Hall–Kier alpha value is -1.25. The van der Waals surface area contributed by atoms with E-state index >= 15 is 0 Å². The largest absolute Gasteiger partial charge is 0.498 e. The van der Waals surface area contributed by atoms with E-state index in [4.69, 9.17) is 4.74 Å². The lowest BCUT2D eigenvalue weighted by atomic mass is 9.88. The van der Waals surface area contributed by atoms with Gasteiger partial charge in [0, 0.05) is 18.5 Å². The number of rotatable bonds is 2. The van der Waals surface area contributed by atoms with Gasteiger partial charge in [0.25, 0.3) is 0 Å². The zero-order chi connectivity index (χ0) is 10.7. The Morgan fingerprint density at radius 1 is 1.67 bits per heavy atom. The highest BCUT2D eigenvalue weighted by Gasteiger charge is 2.29. The van der Waals surface area contributed by atoms with Crippen molar-refractivity contribution in [2.24, 2.45) is 5.92 Å². The summed E-state index contributed by atoms with van der Waals surface area (Å²) in [5, 5.41) is 2.89. The number of nitrogens with one attached hydrogen (secondary N) is 1. The highest BCUT2D eigenvalue weighted by molar-refractivity contribution is 5.82. The van der Waals surface area contributed by atoms with Crippen molar-refractivity contribution in [1.82, 2.24) is 5.32 Å². The van der Waals surface area contributed by atoms with Crippen LogP contribution in [-0.4, -0.2) is 19.1 Å². The summed E-state index contributed by atoms with van der Waals surface area (Å²) in [6.07, 6.45) is 6.95. The number of hydrogen-bond acceptors (Lipinski definition) is 2. The molecule has 0 saturated heterocycles. The first kappa shape index (κ1) is 10.3. The lowest BCUT2D eigenvalue weighted by Gasteiger charge is -2.28. The van der Waals surface area contributed by atoms with Crippen molar-refractivity contribution < 1.29 is 9.53 Å². The predicted molar refractivity (Wildman–Crippen MR) is 58.1 cm³/mol. The predicted octanol–water partition coefficient (Wildman–Crippen LogP) is 1.76. The van der Waals surface area contributed by atoms with Crippen molar-refractivity contribution in [2.75, 3.05) is 13.2 Å². The molecule has 15 heavy (non-hydrogen) atoms. The third-order valence-electron chi connectivity index (χ3n) is 2.88. The minimum atomic E-state index is 0.00486. The zero-order valence-electron chi connectivity index (χ0n) is 9.08. The smallest absolute Gasteiger partial charge is 0.227 e. The Balaban J connectivity index is 2.18. The van der Waals surface area contributed by atoms with Crippen LogP contribution in [0.4, 0.5) is 0 Å². The maximum Gasteiger partial charge on any atom is 0.227 e. The van der Waals surface area contributed by atoms with Crippen molar-refractivity contribution in [2.45, 2.75) is 26.2 Å². The Kier molecular flexibility index (Phi) is 3.09. The summed E-state index contributed by atoms with van der Waals surface area (Å²) in [6.45, 7) is 3.32. The molecule has 0 aromatic rings. The summed E-state index contributed by atoms with van der Waals surface area (Å²) in [6, 6.07) is 0. The normalized spacial score (nSPS) is 24.5. The average Bonchev–Trinajstić information content (AvgIpc) is 2.28. The molecule has 2 rings (SSSR count). The van der Waals surface area contributed by atoms with Crippen molar-refractivity contribution in [3.63, 3.8) is 0 Å². The van der Waals surface area contributed by atoms with E-state index in [2.05, 4.69) is 17.5 Å². The van der Waals surface area contributed by atoms with Crippen LogP contribution in [0.25, 0.3) is 0 Å². The number of amides is 1. The molecule has 1 aliphatic carbocycles. The zero-order valence-corrected chi connectivity index (χ0v) is 9.08. The van der Waals surface area contributed by atoms with Crippen LogP contribution >= 0.6 is 0 Å². The van der Waals surface area contributed by atoms with Gasteiger partial charge in [-0.05, 0) is 19.8 Å². The topological polar surface area (TPSA) is 38.3 Å². The highest BCUT2D eigenvalue weighted by atomic mass is 16.5. The first-order chi connectivity index (χ1) is 7.33. The maximum atomic E-state index is 11.8. The van der Waals surface area contributed by atoms with E-state index in [1.54, 1.807) is 0 Å². The van der Waals surface area contributed by atoms with Crippen LogP contribution in [0, 0.1) is 5.92 Å². The molecule has 1 atom stereocenters. The Bertz CT molecular complexity index is 318. The Morgan fingerprint density at radius 2 is 2.53 bits per heavy atom. The number of hydrogen-bond donors (Lipinski definition) is 1. The molecule has 1 heterocycles. The third kappa shape index (κ3) is 2.06. The van der Waals surface area contributed by atoms with Crippen molar-refractivity contribution >= 4 is 5.91 Å². The third-order valence-corrected chi connectivity index (χ3v) is 2.88. The van der Waals surface area contributed by atoms with Crippen molar-refractivity contribution in [3.05, 3.63) is 23.5 Å². The van der Waals surface area contributed by atoms with Gasteiger partial charge in [0.15, 0.2) is 0 Å². The number of allylic oxidation sites excluding steroid dienone is 3. The first-order valence-corrected chi connectivity index (χ1v) is 5.63. The number of carbonyl (C=O) groups excluding carboxylic acids is 1. The van der Waals surface area contributed by atoms with Gasteiger partial charge in [-0.1, -0.05) is 12.2 Å². The minimum absolute atomic E-state index is 0.00486. The monoisotopic (exact) mass is 207 g/mol. The van der Waals surface area contributed by atoms with E-state index < -0.39 is 0 Å². The van der Waals surface area contributed by atoms with E-state index in [1.807, 2.05) is 6.92 Å². The molecule has 1 N–H and O–H groups in total. The molecule has 82 valence electrons. The number of carbonyl (C=O) groups is 1. The summed E-state index contributed by atoms with van der Waals surface area (Å²) in [5.41, 5.74) is 1.10. The first-order valence-electron chi connectivity index (χ1n) is 5.63. The molecular weight excluding hydrogens is 190 g/mol. The second kappa shape index (κ2) is 4.51. The summed E-state index contributed by atoms with van der Waals surface area (Å²) in [7, 11) is 0. The number of ether oxygens (including phenoxy) is 1. The Morgan fingerprint density at radius 3 is 3.33 bits per heavy atom. The lowest BCUT2D eigenvalue weighted by Crippen LogP contribution is -2.34. The molecule has 1 aliphatic heterocycles. The quantitative estimate of drug-likeness (QED) is 0.749. The molecular formula is C12H17NO2. The summed E-state index contributed by atoms with van der Waals surface area (Å²) < 4.78 is 5.59. The van der Waals surface area contributed by atoms with Crippen LogP contribution in [0.2, 0.25) is 0 Å². The molecule has 3 nitrogen and oxygen atoms in total. The maximum absolute atomic E-state index is 11.8. The van der Waals surface area contributed by atoms with Gasteiger partial charge in [0.05, 0.1) is 12.5 Å². The van der Waals surface area contributed by atoms with Crippen molar-refractivity contribution in [3.8, 4) is 0 Å². The second-order valence-corrected chi connectivity index (χ2v) is 3.90. The van der Waals surface area contributed by atoms with Gasteiger partial charge in [0.1, 0.15) is 5.76 Å². The lowest BCUT2D eigenvalue weighted by molar-refractivity contribution is -0.124. The summed E-state index contributed by atoms with van der Waals surface area (Å²) >= 11 is 0. The van der Waals surface area contributed by atoms with Crippen LogP contribution < -0.4 is 5.32 Å². The van der Waals surface area contributed by atoms with E-state index in [9.17, 15) is 4.79 Å². The fraction of sp³-hybridized carbons (Fsp3) is 0.583. The van der Waals surface area contributed by atoms with Gasteiger partial charge in [-0.2, -0.15) is 0 Å². The van der Waals surface area contributed by atoms with Crippen LogP contribution in [0.15, 0.2) is 23.5 Å². The summed E-state index contributed by atoms with van der Waals surface area (Å²) in [4.78, 5) is 11.8. The fourth-order valence-electron chi connectivity index (χ4n) is 2.15. The molecule has 0 saturated carbocycles. The SMILES string of the molecule is CCNC(=O)C1CCOC2=C1C=CCC2. The molecule has 0 spiro atoms. The average molecular weight is 207 g/mol. The van der Waals surface area contributed by atoms with E-state index in [1.165, 1.54) is 0 Å². The standard InChI is InChI=1S/C12H17NO2/c1-2-13-12(14)10-7-8-15-11-6-4-3-5-9(10)11/h3,5,10H,2,4,6-8H2,1H3,(H,13,14). The molecule has 0 aromatic heterocycles. The second-order valence-electron chi connectivity index (χ2n) is 3.90. The van der Waals surface area contributed by atoms with Gasteiger partial charge in [-0.15, -0.1) is 0 Å². The van der Waals surface area contributed by atoms with Crippen LogP contribution in [0.1, 0.15) is 26.2 Å². The molecule has 2 aliphatic rings. The van der Waals surface area contributed by atoms with Gasteiger partial charge in [-0.3, -0.25) is 4.79 Å². The molecule has 0 radical (unpaired) electrons. The van der Waals surface area contributed by atoms with Crippen molar-refractivity contribution in [1.29, 1.82) is 0 Å². The van der Waals surface area contributed by atoms with Gasteiger partial charge < -0.3 is 10.1 Å². The molecule has 0 aromatic carbocycles. The van der Waals surface area contributed by atoms with Gasteiger partial charge in [0.2, 0.25) is 5.91 Å². The van der Waals surface area contributed by atoms with Gasteiger partial charge >= 0.3 is 0 Å². The fourth-order valence-corrected chi connectivity index (χ4v) is 2.15. The van der Waals surface area contributed by atoms with Gasteiger partial charge in [-0.25, -0.2) is 0 Å². The van der Waals surface area contributed by atoms with E-state index in [0.717, 1.165) is 30.6 Å². The Labute approximate surface area is 90.2 Å². The molecule has 0 bridgehead atoms. The van der Waals surface area contributed by atoms with Crippen LogP contribution in [-0.2, 0) is 9.53 Å². The molecule has 1 unspecified atom stereocenters. The molecule has 1 amide bonds. The summed E-state index contributed by atoms with van der Waals surface area (Å²) in [5.74, 6) is 1.17. The van der Waals surface area contributed by atoms with Crippen LogP contribution in [0.3, 0.4) is 0 Å². The highest BCUT2D eigenvalue weighted by Crippen LogP contribution is 2.32. The van der Waals surface area contributed by atoms with E-state index in [-0.39, 0.29) is 11.8 Å². The van der Waals surface area contributed by atoms with E-state index in [0.29, 0.717) is 13.2 Å².